The van der Waals surface area contributed by atoms with Crippen molar-refractivity contribution >= 4 is 0 Å². The number of ether oxygens (including phenoxy) is 3. The van der Waals surface area contributed by atoms with E-state index < -0.39 is 6.10 Å². The first-order chi connectivity index (χ1) is 15.2. The van der Waals surface area contributed by atoms with Gasteiger partial charge in [-0.3, -0.25) is 4.90 Å². The van der Waals surface area contributed by atoms with E-state index in [9.17, 15) is 9.50 Å². The zero-order valence-corrected chi connectivity index (χ0v) is 17.2. The van der Waals surface area contributed by atoms with E-state index in [0.717, 1.165) is 16.9 Å². The Morgan fingerprint density at radius 2 is 1.68 bits per heavy atom. The first-order valence-corrected chi connectivity index (χ1v) is 10.3. The minimum absolute atomic E-state index is 0.198. The van der Waals surface area contributed by atoms with Crippen molar-refractivity contribution in [3.8, 4) is 11.5 Å². The Bertz CT molecular complexity index is 982. The maximum absolute atomic E-state index is 14.2. The van der Waals surface area contributed by atoms with E-state index in [1.54, 1.807) is 12.1 Å². The highest BCUT2D eigenvalue weighted by Crippen LogP contribution is 2.33. The van der Waals surface area contributed by atoms with Crippen LogP contribution in [0.15, 0.2) is 72.8 Å². The van der Waals surface area contributed by atoms with Crippen LogP contribution < -0.4 is 9.47 Å². The molecule has 1 heterocycles. The van der Waals surface area contributed by atoms with E-state index in [4.69, 9.17) is 14.2 Å². The summed E-state index contributed by atoms with van der Waals surface area (Å²) >= 11 is 0. The summed E-state index contributed by atoms with van der Waals surface area (Å²) in [5.74, 6) is 1.17. The SMILES string of the molecule is OC(COCc1ccccc1)CN(Cc1ccc2c(c1)OCO2)Cc1ccccc1F. The van der Waals surface area contributed by atoms with Gasteiger partial charge in [-0.15, -0.1) is 0 Å². The first kappa shape index (κ1) is 21.3. The van der Waals surface area contributed by atoms with Crippen molar-refractivity contribution in [3.63, 3.8) is 0 Å². The molecule has 4 rings (SSSR count). The maximum Gasteiger partial charge on any atom is 0.231 e. The van der Waals surface area contributed by atoms with Gasteiger partial charge in [-0.1, -0.05) is 54.6 Å². The highest BCUT2D eigenvalue weighted by atomic mass is 19.1. The van der Waals surface area contributed by atoms with Crippen molar-refractivity contribution in [2.75, 3.05) is 19.9 Å². The number of aliphatic hydroxyl groups is 1. The van der Waals surface area contributed by atoms with Gasteiger partial charge in [0.15, 0.2) is 11.5 Å². The smallest absolute Gasteiger partial charge is 0.231 e. The van der Waals surface area contributed by atoms with E-state index in [-0.39, 0.29) is 19.2 Å². The van der Waals surface area contributed by atoms with Crippen LogP contribution in [0.5, 0.6) is 11.5 Å². The van der Waals surface area contributed by atoms with Crippen molar-refractivity contribution in [3.05, 3.63) is 95.3 Å². The van der Waals surface area contributed by atoms with E-state index in [2.05, 4.69) is 0 Å². The van der Waals surface area contributed by atoms with Crippen LogP contribution in [0.3, 0.4) is 0 Å². The molecule has 1 N–H and O–H groups in total. The Morgan fingerprint density at radius 3 is 2.52 bits per heavy atom. The zero-order valence-electron chi connectivity index (χ0n) is 17.2. The Balaban J connectivity index is 1.39. The van der Waals surface area contributed by atoms with Gasteiger partial charge in [-0.05, 0) is 29.3 Å². The van der Waals surface area contributed by atoms with Crippen LogP contribution in [0.4, 0.5) is 4.39 Å². The number of hydrogen-bond donors (Lipinski definition) is 1. The van der Waals surface area contributed by atoms with Crippen LogP contribution >= 0.6 is 0 Å². The normalized spacial score (nSPS) is 13.5. The largest absolute Gasteiger partial charge is 0.454 e. The van der Waals surface area contributed by atoms with Crippen LogP contribution in [0.25, 0.3) is 0 Å². The Hall–Kier alpha value is -2.93. The quantitative estimate of drug-likeness (QED) is 0.531. The number of hydrogen-bond acceptors (Lipinski definition) is 5. The third-order valence-corrected chi connectivity index (χ3v) is 5.09. The maximum atomic E-state index is 14.2. The molecule has 3 aromatic rings. The molecule has 162 valence electrons. The number of aliphatic hydroxyl groups excluding tert-OH is 1. The summed E-state index contributed by atoms with van der Waals surface area (Å²) in [6, 6.07) is 22.3. The molecule has 0 bridgehead atoms. The fraction of sp³-hybridized carbons (Fsp3) is 0.280. The van der Waals surface area contributed by atoms with Crippen molar-refractivity contribution < 1.29 is 23.7 Å². The molecule has 0 aliphatic carbocycles. The van der Waals surface area contributed by atoms with Crippen molar-refractivity contribution in [2.24, 2.45) is 0 Å². The lowest BCUT2D eigenvalue weighted by atomic mass is 10.1. The summed E-state index contributed by atoms with van der Waals surface area (Å²) in [7, 11) is 0. The minimum Gasteiger partial charge on any atom is -0.454 e. The second kappa shape index (κ2) is 10.4. The Morgan fingerprint density at radius 1 is 0.903 bits per heavy atom. The average molecular weight is 423 g/mol. The van der Waals surface area contributed by atoms with Crippen molar-refractivity contribution in [1.82, 2.24) is 4.90 Å². The summed E-state index contributed by atoms with van der Waals surface area (Å²) in [6.45, 7) is 2.10. The average Bonchev–Trinajstić information content (AvgIpc) is 3.24. The molecule has 0 radical (unpaired) electrons. The van der Waals surface area contributed by atoms with Crippen LogP contribution in [0.1, 0.15) is 16.7 Å². The molecule has 0 fully saturated rings. The molecule has 0 saturated heterocycles. The molecule has 0 amide bonds. The first-order valence-electron chi connectivity index (χ1n) is 10.3. The second-order valence-corrected chi connectivity index (χ2v) is 7.60. The molecule has 31 heavy (non-hydrogen) atoms. The lowest BCUT2D eigenvalue weighted by Gasteiger charge is -2.25. The minimum atomic E-state index is -0.704. The fourth-order valence-electron chi connectivity index (χ4n) is 3.59. The highest BCUT2D eigenvalue weighted by molar-refractivity contribution is 5.44. The molecule has 1 aliphatic rings. The van der Waals surface area contributed by atoms with E-state index >= 15 is 0 Å². The van der Waals surface area contributed by atoms with E-state index in [1.165, 1.54) is 6.07 Å². The molecular formula is C25H26FNO4. The number of nitrogens with zero attached hydrogens (tertiary/aromatic N) is 1. The molecule has 1 unspecified atom stereocenters. The summed E-state index contributed by atoms with van der Waals surface area (Å²) in [5.41, 5.74) is 2.64. The fourth-order valence-corrected chi connectivity index (χ4v) is 3.59. The molecule has 1 atom stereocenters. The number of halogens is 1. The van der Waals surface area contributed by atoms with Gasteiger partial charge in [0.25, 0.3) is 0 Å². The monoisotopic (exact) mass is 423 g/mol. The van der Waals surface area contributed by atoms with Gasteiger partial charge in [0.05, 0.1) is 19.3 Å². The predicted molar refractivity (Wildman–Crippen MR) is 115 cm³/mol. The van der Waals surface area contributed by atoms with E-state index in [0.29, 0.717) is 37.6 Å². The lowest BCUT2D eigenvalue weighted by Crippen LogP contribution is -2.34. The molecule has 5 nitrogen and oxygen atoms in total. The highest BCUT2D eigenvalue weighted by Gasteiger charge is 2.18. The summed E-state index contributed by atoms with van der Waals surface area (Å²) in [4.78, 5) is 2.01. The topological polar surface area (TPSA) is 51.2 Å². The predicted octanol–water partition coefficient (Wildman–Crippen LogP) is 4.13. The number of benzene rings is 3. The zero-order chi connectivity index (χ0) is 21.5. The number of fused-ring (bicyclic) bond motifs is 1. The summed E-state index contributed by atoms with van der Waals surface area (Å²) in [6.07, 6.45) is -0.704. The molecule has 6 heteroatoms. The van der Waals surface area contributed by atoms with Crippen LogP contribution in [-0.2, 0) is 24.4 Å². The van der Waals surface area contributed by atoms with Gasteiger partial charge in [-0.2, -0.15) is 0 Å². The molecule has 0 aromatic heterocycles. The third-order valence-electron chi connectivity index (χ3n) is 5.09. The van der Waals surface area contributed by atoms with E-state index in [1.807, 2.05) is 59.5 Å². The van der Waals surface area contributed by atoms with Gasteiger partial charge in [-0.25, -0.2) is 4.39 Å². The van der Waals surface area contributed by atoms with Gasteiger partial charge in [0, 0.05) is 25.2 Å². The van der Waals surface area contributed by atoms with Crippen LogP contribution in [0, 0.1) is 5.82 Å². The summed E-state index contributed by atoms with van der Waals surface area (Å²) < 4.78 is 30.8. The molecular weight excluding hydrogens is 397 g/mol. The summed E-state index contributed by atoms with van der Waals surface area (Å²) in [5, 5.41) is 10.6. The third kappa shape index (κ3) is 6.04. The lowest BCUT2D eigenvalue weighted by molar-refractivity contribution is 0.00696. The van der Waals surface area contributed by atoms with Gasteiger partial charge < -0.3 is 19.3 Å². The van der Waals surface area contributed by atoms with Gasteiger partial charge in [0.2, 0.25) is 6.79 Å². The second-order valence-electron chi connectivity index (χ2n) is 7.60. The number of rotatable bonds is 10. The molecule has 0 spiro atoms. The molecule has 3 aromatic carbocycles. The Kier molecular flexibility index (Phi) is 7.14. The van der Waals surface area contributed by atoms with Crippen molar-refractivity contribution in [1.29, 1.82) is 0 Å². The standard InChI is InChI=1S/C25H26FNO4/c26-23-9-5-4-8-21(23)14-27(13-20-10-11-24-25(12-20)31-18-30-24)15-22(28)17-29-16-19-6-2-1-3-7-19/h1-12,22,28H,13-18H2. The van der Waals surface area contributed by atoms with Gasteiger partial charge in [0.1, 0.15) is 5.82 Å². The molecule has 0 saturated carbocycles. The molecule has 1 aliphatic heterocycles. The van der Waals surface area contributed by atoms with Gasteiger partial charge >= 0.3 is 0 Å². The van der Waals surface area contributed by atoms with Crippen LogP contribution in [0.2, 0.25) is 0 Å². The Labute approximate surface area is 181 Å². The van der Waals surface area contributed by atoms with Crippen molar-refractivity contribution in [2.45, 2.75) is 25.8 Å². The van der Waals surface area contributed by atoms with Crippen LogP contribution in [-0.4, -0.2) is 36.1 Å².